The number of Topliss-reactive ketones (excluding diaryl/α,β-unsaturated/α-hetero) is 1. The van der Waals surface area contributed by atoms with E-state index in [-0.39, 0.29) is 23.9 Å². The second kappa shape index (κ2) is 6.63. The van der Waals surface area contributed by atoms with Crippen LogP contribution in [0.5, 0.6) is 0 Å². The Labute approximate surface area is 159 Å². The molecule has 4 rings (SSSR count). The Balaban J connectivity index is 1.83. The SMILES string of the molecule is Cc1nn(-c2ccc(F)cc2)c2c1C(C(=O)c1ccccc1Cl)CC(=O)N2. The molecule has 1 aliphatic rings. The molecule has 3 aromatic rings. The number of benzene rings is 2. The number of nitrogens with one attached hydrogen (secondary N) is 1. The molecule has 5 nitrogen and oxygen atoms in total. The van der Waals surface area contributed by atoms with Gasteiger partial charge in [0, 0.05) is 17.5 Å². The van der Waals surface area contributed by atoms with E-state index in [9.17, 15) is 14.0 Å². The van der Waals surface area contributed by atoms with Gasteiger partial charge in [0.25, 0.3) is 0 Å². The molecule has 27 heavy (non-hydrogen) atoms. The summed E-state index contributed by atoms with van der Waals surface area (Å²) in [4.78, 5) is 25.4. The zero-order chi connectivity index (χ0) is 19.1. The number of carbonyl (C=O) groups is 2. The lowest BCUT2D eigenvalue weighted by molar-refractivity contribution is -0.116. The number of hydrogen-bond acceptors (Lipinski definition) is 3. The lowest BCUT2D eigenvalue weighted by Gasteiger charge is -2.23. The first-order valence-electron chi connectivity index (χ1n) is 8.39. The minimum Gasteiger partial charge on any atom is -0.310 e. The van der Waals surface area contributed by atoms with Gasteiger partial charge in [0.05, 0.1) is 22.3 Å². The monoisotopic (exact) mass is 383 g/mol. The molecular weight excluding hydrogens is 369 g/mol. The number of aryl methyl sites for hydroxylation is 1. The van der Waals surface area contributed by atoms with Gasteiger partial charge >= 0.3 is 0 Å². The molecule has 2 heterocycles. The number of nitrogens with zero attached hydrogens (tertiary/aromatic N) is 2. The highest BCUT2D eigenvalue weighted by Crippen LogP contribution is 2.39. The Morgan fingerprint density at radius 1 is 1.22 bits per heavy atom. The molecule has 2 aromatic carbocycles. The predicted molar refractivity (Wildman–Crippen MR) is 100 cm³/mol. The Morgan fingerprint density at radius 2 is 1.93 bits per heavy atom. The van der Waals surface area contributed by atoms with Crippen LogP contribution in [0.1, 0.15) is 34.0 Å². The van der Waals surface area contributed by atoms with Crippen molar-refractivity contribution >= 4 is 29.1 Å². The molecule has 1 amide bonds. The minimum absolute atomic E-state index is 0.0208. The molecule has 0 saturated heterocycles. The third-order valence-corrected chi connectivity index (χ3v) is 4.96. The van der Waals surface area contributed by atoms with Crippen molar-refractivity contribution in [2.75, 3.05) is 5.32 Å². The van der Waals surface area contributed by atoms with Gasteiger partial charge in [0.15, 0.2) is 5.78 Å². The predicted octanol–water partition coefficient (Wildman–Crippen LogP) is 4.28. The largest absolute Gasteiger partial charge is 0.310 e. The van der Waals surface area contributed by atoms with Crippen LogP contribution in [-0.2, 0) is 4.79 Å². The summed E-state index contributed by atoms with van der Waals surface area (Å²) in [6, 6.07) is 12.5. The van der Waals surface area contributed by atoms with Gasteiger partial charge in [-0.25, -0.2) is 9.07 Å². The van der Waals surface area contributed by atoms with Crippen LogP contribution in [-0.4, -0.2) is 21.5 Å². The zero-order valence-corrected chi connectivity index (χ0v) is 15.1. The van der Waals surface area contributed by atoms with E-state index in [1.54, 1.807) is 43.3 Å². The first kappa shape index (κ1) is 17.4. The summed E-state index contributed by atoms with van der Waals surface area (Å²) in [6.45, 7) is 1.78. The van der Waals surface area contributed by atoms with Crippen LogP contribution in [0.2, 0.25) is 5.02 Å². The van der Waals surface area contributed by atoms with Gasteiger partial charge < -0.3 is 5.32 Å². The Hall–Kier alpha value is -2.99. The first-order chi connectivity index (χ1) is 13.0. The van der Waals surface area contributed by atoms with Gasteiger partial charge in [-0.1, -0.05) is 23.7 Å². The van der Waals surface area contributed by atoms with E-state index in [4.69, 9.17) is 11.6 Å². The number of ketones is 1. The van der Waals surface area contributed by atoms with E-state index in [1.807, 2.05) is 0 Å². The van der Waals surface area contributed by atoms with Crippen LogP contribution in [0, 0.1) is 12.7 Å². The molecule has 0 radical (unpaired) electrons. The van der Waals surface area contributed by atoms with Crippen molar-refractivity contribution in [1.82, 2.24) is 9.78 Å². The number of halogens is 2. The number of carbonyl (C=O) groups excluding carboxylic acids is 2. The van der Waals surface area contributed by atoms with Crippen molar-refractivity contribution in [3.8, 4) is 5.69 Å². The second-order valence-corrected chi connectivity index (χ2v) is 6.79. The molecule has 0 saturated carbocycles. The highest BCUT2D eigenvalue weighted by Gasteiger charge is 2.36. The van der Waals surface area contributed by atoms with Crippen molar-refractivity contribution in [2.24, 2.45) is 0 Å². The third-order valence-electron chi connectivity index (χ3n) is 4.63. The molecule has 1 N–H and O–H groups in total. The van der Waals surface area contributed by atoms with Gasteiger partial charge in [-0.15, -0.1) is 0 Å². The summed E-state index contributed by atoms with van der Waals surface area (Å²) in [7, 11) is 0. The Kier molecular flexibility index (Phi) is 4.28. The molecule has 0 fully saturated rings. The normalized spacial score (nSPS) is 16.0. The van der Waals surface area contributed by atoms with Crippen LogP contribution in [0.4, 0.5) is 10.2 Å². The molecule has 7 heteroatoms. The van der Waals surface area contributed by atoms with Crippen molar-refractivity contribution in [1.29, 1.82) is 0 Å². The zero-order valence-electron chi connectivity index (χ0n) is 14.4. The number of fused-ring (bicyclic) bond motifs is 1. The van der Waals surface area contributed by atoms with Gasteiger partial charge in [-0.3, -0.25) is 9.59 Å². The van der Waals surface area contributed by atoms with E-state index in [0.29, 0.717) is 33.3 Å². The molecule has 1 atom stereocenters. The smallest absolute Gasteiger partial charge is 0.226 e. The molecule has 136 valence electrons. The highest BCUT2D eigenvalue weighted by atomic mass is 35.5. The Bertz CT molecular complexity index is 1060. The third kappa shape index (κ3) is 3.02. The van der Waals surface area contributed by atoms with E-state index in [1.165, 1.54) is 16.8 Å². The molecule has 1 aliphatic heterocycles. The number of rotatable bonds is 3. The quantitative estimate of drug-likeness (QED) is 0.686. The topological polar surface area (TPSA) is 64.0 Å². The standard InChI is InChI=1S/C20H15ClFN3O2/c1-11-18-15(19(27)14-4-2-3-5-16(14)21)10-17(26)23-20(18)25(24-11)13-8-6-12(22)7-9-13/h2-9,15H,10H2,1H3,(H,23,26). The van der Waals surface area contributed by atoms with Crippen molar-refractivity contribution in [2.45, 2.75) is 19.3 Å². The fourth-order valence-corrected chi connectivity index (χ4v) is 3.62. The van der Waals surface area contributed by atoms with E-state index < -0.39 is 5.92 Å². The summed E-state index contributed by atoms with van der Waals surface area (Å²) in [5.41, 5.74) is 2.24. The highest BCUT2D eigenvalue weighted by molar-refractivity contribution is 6.34. The fourth-order valence-electron chi connectivity index (χ4n) is 3.39. The second-order valence-electron chi connectivity index (χ2n) is 6.38. The van der Waals surface area contributed by atoms with Crippen molar-refractivity contribution in [3.05, 3.63) is 76.2 Å². The maximum Gasteiger partial charge on any atom is 0.226 e. The van der Waals surface area contributed by atoms with Gasteiger partial charge in [-0.05, 0) is 43.3 Å². The van der Waals surface area contributed by atoms with Gasteiger partial charge in [0.2, 0.25) is 5.91 Å². The lowest BCUT2D eigenvalue weighted by Crippen LogP contribution is -2.28. The summed E-state index contributed by atoms with van der Waals surface area (Å²) in [5, 5.41) is 7.61. The molecule has 0 bridgehead atoms. The van der Waals surface area contributed by atoms with E-state index in [0.717, 1.165) is 0 Å². The molecule has 1 aromatic heterocycles. The number of hydrogen-bond donors (Lipinski definition) is 1. The van der Waals surface area contributed by atoms with E-state index in [2.05, 4.69) is 10.4 Å². The summed E-state index contributed by atoms with van der Waals surface area (Å²) in [5.74, 6) is -1.12. The first-order valence-corrected chi connectivity index (χ1v) is 8.77. The lowest BCUT2D eigenvalue weighted by atomic mass is 9.85. The van der Waals surface area contributed by atoms with Crippen LogP contribution in [0.25, 0.3) is 5.69 Å². The maximum atomic E-state index is 13.2. The van der Waals surface area contributed by atoms with Gasteiger partial charge in [0.1, 0.15) is 11.6 Å². The molecule has 0 aliphatic carbocycles. The van der Waals surface area contributed by atoms with Gasteiger partial charge in [-0.2, -0.15) is 5.10 Å². The number of anilines is 1. The number of aromatic nitrogens is 2. The van der Waals surface area contributed by atoms with E-state index >= 15 is 0 Å². The van der Waals surface area contributed by atoms with Crippen molar-refractivity contribution < 1.29 is 14.0 Å². The van der Waals surface area contributed by atoms with Crippen molar-refractivity contribution in [3.63, 3.8) is 0 Å². The van der Waals surface area contributed by atoms with Crippen LogP contribution < -0.4 is 5.32 Å². The fraction of sp³-hybridized carbons (Fsp3) is 0.150. The molecular formula is C20H15ClFN3O2. The summed E-state index contributed by atoms with van der Waals surface area (Å²) >= 11 is 6.18. The summed E-state index contributed by atoms with van der Waals surface area (Å²) in [6.07, 6.45) is 0.0208. The molecule has 0 spiro atoms. The minimum atomic E-state index is -0.678. The van der Waals surface area contributed by atoms with Crippen LogP contribution in [0.15, 0.2) is 48.5 Å². The van der Waals surface area contributed by atoms with Crippen LogP contribution >= 0.6 is 11.6 Å². The summed E-state index contributed by atoms with van der Waals surface area (Å²) < 4.78 is 14.8. The Morgan fingerprint density at radius 3 is 2.63 bits per heavy atom. The number of amides is 1. The average Bonchev–Trinajstić information content (AvgIpc) is 2.98. The maximum absolute atomic E-state index is 13.2. The van der Waals surface area contributed by atoms with Crippen LogP contribution in [0.3, 0.4) is 0 Å². The molecule has 1 unspecified atom stereocenters. The average molecular weight is 384 g/mol.